The Kier molecular flexibility index (Phi) is 7.20. The summed E-state index contributed by atoms with van der Waals surface area (Å²) in [4.78, 5) is 18.9. The monoisotopic (exact) mass is 607 g/mol. The molecule has 0 fully saturated rings. The second kappa shape index (κ2) is 10.7. The molecule has 0 bridgehead atoms. The maximum Gasteiger partial charge on any atom is 0.251 e. The van der Waals surface area contributed by atoms with Gasteiger partial charge in [0, 0.05) is 31.6 Å². The zero-order chi connectivity index (χ0) is 29.8. The molecule has 1 aliphatic carbocycles. The molecule has 0 unspecified atom stereocenters. The Balaban J connectivity index is 1.56. The minimum Gasteiger partial charge on any atom is -0.375 e. The van der Waals surface area contributed by atoms with Crippen molar-refractivity contribution < 1.29 is 26.7 Å². The van der Waals surface area contributed by atoms with Gasteiger partial charge in [-0.1, -0.05) is 12.1 Å². The molecule has 6 rings (SSSR count). The minimum atomic E-state index is -3.70. The summed E-state index contributed by atoms with van der Waals surface area (Å²) >= 11 is 1.45. The van der Waals surface area contributed by atoms with Crippen molar-refractivity contribution in [2.75, 3.05) is 31.3 Å². The van der Waals surface area contributed by atoms with Crippen LogP contribution >= 0.6 is 11.3 Å². The van der Waals surface area contributed by atoms with E-state index in [1.54, 1.807) is 30.3 Å². The largest absolute Gasteiger partial charge is 0.375 e. The molecule has 1 N–H and O–H groups in total. The van der Waals surface area contributed by atoms with E-state index in [4.69, 9.17) is 9.72 Å². The molecule has 0 saturated heterocycles. The van der Waals surface area contributed by atoms with E-state index in [9.17, 15) is 17.6 Å². The van der Waals surface area contributed by atoms with Crippen LogP contribution in [-0.4, -0.2) is 46.3 Å². The molecule has 216 valence electrons. The van der Waals surface area contributed by atoms with Gasteiger partial charge in [-0.3, -0.25) is 9.10 Å². The number of amides is 1. The maximum absolute atomic E-state index is 15.2. The second-order valence-corrected chi connectivity index (χ2v) is 13.4. The highest BCUT2D eigenvalue weighted by molar-refractivity contribution is 7.92. The normalized spacial score (nSPS) is 14.5. The molecule has 1 aliphatic heterocycles. The van der Waals surface area contributed by atoms with Crippen LogP contribution in [0.5, 0.6) is 0 Å². The third-order valence-electron chi connectivity index (χ3n) is 7.59. The Labute approximate surface area is 246 Å². The first-order chi connectivity index (χ1) is 20.0. The van der Waals surface area contributed by atoms with Gasteiger partial charge in [-0.25, -0.2) is 22.2 Å². The molecule has 1 amide bonds. The summed E-state index contributed by atoms with van der Waals surface area (Å²) in [5, 5.41) is 3.34. The summed E-state index contributed by atoms with van der Waals surface area (Å²) in [6.07, 6.45) is 2.12. The number of carbonyl (C=O) groups is 1. The van der Waals surface area contributed by atoms with Crippen LogP contribution in [-0.2, 0) is 39.0 Å². The predicted molar refractivity (Wildman–Crippen MR) is 161 cm³/mol. The average molecular weight is 608 g/mol. The van der Waals surface area contributed by atoms with Gasteiger partial charge in [0.25, 0.3) is 5.91 Å². The number of nitrogens with one attached hydrogen (secondary N) is 1. The van der Waals surface area contributed by atoms with E-state index in [1.807, 2.05) is 0 Å². The zero-order valence-corrected chi connectivity index (χ0v) is 24.8. The van der Waals surface area contributed by atoms with Crippen molar-refractivity contribution in [2.45, 2.75) is 19.4 Å². The molecule has 2 heterocycles. The van der Waals surface area contributed by atoms with E-state index in [1.165, 1.54) is 49.7 Å². The number of hydrogen-bond donors (Lipinski definition) is 1. The van der Waals surface area contributed by atoms with Crippen LogP contribution in [0.3, 0.4) is 0 Å². The van der Waals surface area contributed by atoms with E-state index in [0.29, 0.717) is 75.7 Å². The van der Waals surface area contributed by atoms with Crippen LogP contribution in [0.2, 0.25) is 0 Å². The van der Waals surface area contributed by atoms with Gasteiger partial charge in [0.1, 0.15) is 16.6 Å². The quantitative estimate of drug-likeness (QED) is 0.316. The predicted octanol–water partition coefficient (Wildman–Crippen LogP) is 5.44. The van der Waals surface area contributed by atoms with Crippen LogP contribution in [0, 0.1) is 11.6 Å². The van der Waals surface area contributed by atoms with Crippen LogP contribution in [0.4, 0.5) is 14.5 Å². The lowest BCUT2D eigenvalue weighted by molar-refractivity contribution is -0.115. The number of fused-ring (bicyclic) bond motifs is 2. The fourth-order valence-corrected chi connectivity index (χ4v) is 6.96. The van der Waals surface area contributed by atoms with E-state index >= 15 is 4.39 Å². The average Bonchev–Trinajstić information content (AvgIpc) is 3.57. The van der Waals surface area contributed by atoms with Gasteiger partial charge < -0.3 is 10.1 Å². The number of hydrogen-bond acceptors (Lipinski definition) is 6. The van der Waals surface area contributed by atoms with Crippen molar-refractivity contribution in [3.63, 3.8) is 0 Å². The Morgan fingerprint density at radius 3 is 2.43 bits per heavy atom. The lowest BCUT2D eigenvalue weighted by Crippen LogP contribution is -2.25. The molecule has 0 atom stereocenters. The van der Waals surface area contributed by atoms with E-state index in [-0.39, 0.29) is 5.91 Å². The molecule has 7 nitrogen and oxygen atoms in total. The summed E-state index contributed by atoms with van der Waals surface area (Å²) in [6, 6.07) is 13.9. The summed E-state index contributed by atoms with van der Waals surface area (Å²) < 4.78 is 61.1. The van der Waals surface area contributed by atoms with Crippen molar-refractivity contribution in [3.8, 4) is 21.7 Å². The van der Waals surface area contributed by atoms with Gasteiger partial charge in [-0.05, 0) is 76.7 Å². The minimum absolute atomic E-state index is 0.329. The molecule has 42 heavy (non-hydrogen) atoms. The first kappa shape index (κ1) is 28.2. The van der Waals surface area contributed by atoms with Crippen molar-refractivity contribution in [3.05, 3.63) is 93.5 Å². The van der Waals surface area contributed by atoms with Gasteiger partial charge in [0.2, 0.25) is 10.0 Å². The number of carbonyl (C=O) groups excluding carboxylic acids is 1. The topological polar surface area (TPSA) is 88.6 Å². The van der Waals surface area contributed by atoms with E-state index in [2.05, 4.69) is 5.32 Å². The molecule has 11 heteroatoms. The number of sulfonamides is 1. The van der Waals surface area contributed by atoms with E-state index < -0.39 is 21.7 Å². The number of rotatable bonds is 6. The van der Waals surface area contributed by atoms with Gasteiger partial charge in [0.05, 0.1) is 41.3 Å². The molecular weight excluding hydrogens is 580 g/mol. The number of allylic oxidation sites excluding steroid dienone is 1. The first-order valence-electron chi connectivity index (χ1n) is 13.2. The van der Waals surface area contributed by atoms with Crippen LogP contribution in [0.1, 0.15) is 27.3 Å². The number of nitrogens with zero attached hydrogens (tertiary/aromatic N) is 2. The Hall–Kier alpha value is -3.93. The third-order valence-corrected chi connectivity index (χ3v) is 9.91. The number of anilines is 1. The standard InChI is InChI=1S/C31H27F2N3O4S2/c1-34-30(37)29-24(17-4-6-21(32)7-5-17)13-19-14-27(36(2)42(3,38)39)23(15-25(19)29)18-10-20(12-22(33)11-18)31-35-26-8-9-40-16-28(26)41-31/h4-7,10-12,14-15H,8-9,13,16H2,1-3H3,(H,34,37). The maximum atomic E-state index is 15.2. The van der Waals surface area contributed by atoms with Gasteiger partial charge >= 0.3 is 0 Å². The van der Waals surface area contributed by atoms with E-state index in [0.717, 1.165) is 26.7 Å². The smallest absolute Gasteiger partial charge is 0.251 e. The highest BCUT2D eigenvalue weighted by Crippen LogP contribution is 2.45. The number of benzene rings is 3. The van der Waals surface area contributed by atoms with Crippen molar-refractivity contribution in [2.24, 2.45) is 0 Å². The van der Waals surface area contributed by atoms with Gasteiger partial charge in [0.15, 0.2) is 0 Å². The van der Waals surface area contributed by atoms with Crippen LogP contribution < -0.4 is 9.62 Å². The molecule has 0 spiro atoms. The summed E-state index contributed by atoms with van der Waals surface area (Å²) in [6.45, 7) is 1.05. The number of aromatic nitrogens is 1. The zero-order valence-electron chi connectivity index (χ0n) is 23.1. The molecule has 2 aliphatic rings. The fraction of sp³-hybridized carbons (Fsp3) is 0.226. The molecule has 4 aromatic rings. The summed E-state index contributed by atoms with van der Waals surface area (Å²) in [7, 11) is -0.732. The highest BCUT2D eigenvalue weighted by atomic mass is 32.2. The third kappa shape index (κ3) is 5.12. The van der Waals surface area contributed by atoms with Crippen molar-refractivity contribution in [1.29, 1.82) is 0 Å². The molecule has 0 radical (unpaired) electrons. The highest BCUT2D eigenvalue weighted by Gasteiger charge is 2.31. The van der Waals surface area contributed by atoms with Crippen LogP contribution in [0.15, 0.2) is 54.6 Å². The SMILES string of the molecule is CNC(=O)C1=C(c2ccc(F)cc2)Cc2cc(N(C)S(C)(=O)=O)c(-c3cc(F)cc(-c4nc5c(s4)COCC5)c3)cc21. The Morgan fingerprint density at radius 2 is 1.74 bits per heavy atom. The summed E-state index contributed by atoms with van der Waals surface area (Å²) in [5.74, 6) is -1.24. The number of halogens is 2. The van der Waals surface area contributed by atoms with Gasteiger partial charge in [-0.2, -0.15) is 0 Å². The first-order valence-corrected chi connectivity index (χ1v) is 15.9. The van der Waals surface area contributed by atoms with Gasteiger partial charge in [-0.15, -0.1) is 11.3 Å². The lowest BCUT2D eigenvalue weighted by Gasteiger charge is -2.22. The fourth-order valence-electron chi connectivity index (χ4n) is 5.42. The number of thiazole rings is 1. The Bertz CT molecular complexity index is 1860. The molecule has 0 saturated carbocycles. The second-order valence-electron chi connectivity index (χ2n) is 10.3. The lowest BCUT2D eigenvalue weighted by atomic mass is 9.94. The Morgan fingerprint density at radius 1 is 1.00 bits per heavy atom. The summed E-state index contributed by atoms with van der Waals surface area (Å²) in [5.41, 5.74) is 5.81. The van der Waals surface area contributed by atoms with Crippen molar-refractivity contribution >= 4 is 44.1 Å². The molecule has 1 aromatic heterocycles. The number of ether oxygens (including phenoxy) is 1. The number of likely N-dealkylation sites (N-methyl/N-ethyl adjacent to an activating group) is 1. The van der Waals surface area contributed by atoms with Crippen molar-refractivity contribution in [1.82, 2.24) is 10.3 Å². The molecule has 3 aromatic carbocycles. The van der Waals surface area contributed by atoms with Crippen LogP contribution in [0.25, 0.3) is 32.8 Å². The molecular formula is C31H27F2N3O4S2.